The fourth-order valence-corrected chi connectivity index (χ4v) is 6.38. The predicted octanol–water partition coefficient (Wildman–Crippen LogP) is -0.600. The van der Waals surface area contributed by atoms with E-state index in [-0.39, 0.29) is 26.7 Å². The first-order valence-corrected chi connectivity index (χ1v) is 13.3. The van der Waals surface area contributed by atoms with Gasteiger partial charge in [0.25, 0.3) is 0 Å². The van der Waals surface area contributed by atoms with E-state index in [9.17, 15) is 8.42 Å². The summed E-state index contributed by atoms with van der Waals surface area (Å²) < 4.78 is 27.3. The van der Waals surface area contributed by atoms with Crippen LogP contribution in [0.25, 0.3) is 0 Å². The molecule has 3 rings (SSSR count). The van der Waals surface area contributed by atoms with Gasteiger partial charge in [0.2, 0.25) is 0 Å². The Labute approximate surface area is 157 Å². The SMILES string of the molecule is C[I-]N1CCC2(CC1)CN(Cc1cccc(S(=O)(=O)C(C)C)c1)C2. The molecule has 0 radical (unpaired) electrons. The molecule has 0 N–H and O–H groups in total. The van der Waals surface area contributed by atoms with Gasteiger partial charge in [-0.15, -0.1) is 0 Å². The maximum atomic E-state index is 12.3. The van der Waals surface area contributed by atoms with Crippen molar-refractivity contribution in [2.45, 2.75) is 43.4 Å². The van der Waals surface area contributed by atoms with Crippen LogP contribution in [0.3, 0.4) is 0 Å². The molecule has 0 saturated carbocycles. The van der Waals surface area contributed by atoms with Gasteiger partial charge in [0.05, 0.1) is 0 Å². The Kier molecular flexibility index (Phi) is 5.59. The Morgan fingerprint density at radius 3 is 2.46 bits per heavy atom. The summed E-state index contributed by atoms with van der Waals surface area (Å²) in [4.78, 5) is 5.28. The van der Waals surface area contributed by atoms with Gasteiger partial charge in [-0.05, 0) is 13.8 Å². The Bertz CT molecular complexity index is 674. The number of halogens is 1. The third-order valence-corrected chi connectivity index (χ3v) is 9.86. The van der Waals surface area contributed by atoms with E-state index in [1.807, 2.05) is 12.1 Å². The Hall–Kier alpha value is -0.180. The van der Waals surface area contributed by atoms with Crippen molar-refractivity contribution in [1.29, 1.82) is 0 Å². The molecule has 0 unspecified atom stereocenters. The van der Waals surface area contributed by atoms with Gasteiger partial charge < -0.3 is 0 Å². The Balaban J connectivity index is 1.59. The summed E-state index contributed by atoms with van der Waals surface area (Å²) in [6.45, 7) is 9.25. The third-order valence-electron chi connectivity index (χ3n) is 5.38. The molecule has 0 atom stereocenters. The summed E-state index contributed by atoms with van der Waals surface area (Å²) in [6.07, 6.45) is 2.66. The molecule has 2 saturated heterocycles. The molecule has 2 aliphatic rings. The van der Waals surface area contributed by atoms with E-state index in [0.29, 0.717) is 10.3 Å². The summed E-state index contributed by atoms with van der Waals surface area (Å²) in [5.41, 5.74) is 1.65. The number of rotatable bonds is 5. The molecule has 1 aromatic rings. The van der Waals surface area contributed by atoms with Crippen LogP contribution in [0.5, 0.6) is 0 Å². The summed E-state index contributed by atoms with van der Waals surface area (Å²) in [6, 6.07) is 7.52. The van der Waals surface area contributed by atoms with E-state index in [1.54, 1.807) is 19.9 Å². The van der Waals surface area contributed by atoms with Gasteiger partial charge in [-0.2, -0.15) is 0 Å². The van der Waals surface area contributed by atoms with Crippen LogP contribution in [-0.4, -0.2) is 52.8 Å². The van der Waals surface area contributed by atoms with Crippen molar-refractivity contribution in [2.75, 3.05) is 31.1 Å². The summed E-state index contributed by atoms with van der Waals surface area (Å²) in [7, 11) is -3.18. The predicted molar refractivity (Wildman–Crippen MR) is 93.2 cm³/mol. The fourth-order valence-electron chi connectivity index (χ4n) is 3.80. The second kappa shape index (κ2) is 7.21. The Morgan fingerprint density at radius 2 is 1.88 bits per heavy atom. The van der Waals surface area contributed by atoms with Crippen LogP contribution in [0, 0.1) is 5.41 Å². The summed E-state index contributed by atoms with van der Waals surface area (Å²) >= 11 is 0.253. The van der Waals surface area contributed by atoms with Crippen LogP contribution in [0.15, 0.2) is 29.2 Å². The molecule has 4 nitrogen and oxygen atoms in total. The molecule has 2 fully saturated rings. The number of likely N-dealkylation sites (tertiary alicyclic amines) is 1. The fraction of sp³-hybridized carbons (Fsp3) is 0.667. The minimum atomic E-state index is -3.18. The number of piperidine rings is 1. The van der Waals surface area contributed by atoms with Crippen LogP contribution in [0.2, 0.25) is 0 Å². The number of alkyl halides is 1. The van der Waals surface area contributed by atoms with Crippen molar-refractivity contribution in [3.05, 3.63) is 29.8 Å². The maximum absolute atomic E-state index is 12.3. The van der Waals surface area contributed by atoms with Gasteiger partial charge in [0, 0.05) is 0 Å². The number of nitrogens with zero attached hydrogens (tertiary/aromatic N) is 2. The molecule has 24 heavy (non-hydrogen) atoms. The second-order valence-corrected chi connectivity index (χ2v) is 12.3. The van der Waals surface area contributed by atoms with Crippen molar-refractivity contribution in [3.8, 4) is 0 Å². The van der Waals surface area contributed by atoms with Gasteiger partial charge in [-0.1, -0.05) is 0 Å². The molecule has 0 amide bonds. The van der Waals surface area contributed by atoms with Crippen molar-refractivity contribution in [2.24, 2.45) is 5.41 Å². The molecule has 0 aliphatic carbocycles. The molecule has 0 bridgehead atoms. The molecule has 1 aromatic carbocycles. The number of hydrogen-bond acceptors (Lipinski definition) is 4. The molecule has 6 heteroatoms. The van der Waals surface area contributed by atoms with Crippen LogP contribution in [0.1, 0.15) is 32.3 Å². The third kappa shape index (κ3) is 3.81. The van der Waals surface area contributed by atoms with E-state index in [4.69, 9.17) is 0 Å². The van der Waals surface area contributed by atoms with Crippen molar-refractivity contribution in [3.63, 3.8) is 0 Å². The molecule has 2 heterocycles. The standard InChI is InChI=1S/C18H28IN2O2S/c1-15(2)24(22,23)17-6-4-5-16(11-17)12-20-13-18(14-20)7-9-21(19-3)10-8-18/h4-6,11,15H,7-10,12-14H2,1-3H3/q-1. The van der Waals surface area contributed by atoms with Crippen LogP contribution in [-0.2, 0) is 16.4 Å². The average Bonchev–Trinajstić information content (AvgIpc) is 2.54. The van der Waals surface area contributed by atoms with E-state index >= 15 is 0 Å². The molecule has 1 spiro atoms. The van der Waals surface area contributed by atoms with E-state index < -0.39 is 9.84 Å². The molecular formula is C18H28IN2O2S-. The van der Waals surface area contributed by atoms with Crippen molar-refractivity contribution in [1.82, 2.24) is 8.01 Å². The average molecular weight is 463 g/mol. The van der Waals surface area contributed by atoms with E-state index in [0.717, 1.165) is 12.1 Å². The van der Waals surface area contributed by atoms with Crippen molar-refractivity contribution < 1.29 is 29.9 Å². The number of hydrogen-bond donors (Lipinski definition) is 0. The number of sulfone groups is 1. The minimum absolute atomic E-state index is 0.253. The first kappa shape index (κ1) is 18.6. The Morgan fingerprint density at radius 1 is 1.21 bits per heavy atom. The van der Waals surface area contributed by atoms with Crippen LogP contribution >= 0.6 is 0 Å². The van der Waals surface area contributed by atoms with Crippen LogP contribution in [0.4, 0.5) is 0 Å². The summed E-state index contributed by atoms with van der Waals surface area (Å²) in [5.74, 6) is 0. The quantitative estimate of drug-likeness (QED) is 0.333. The monoisotopic (exact) mass is 463 g/mol. The first-order chi connectivity index (χ1) is 11.3. The van der Waals surface area contributed by atoms with Gasteiger partial charge in [-0.25, -0.2) is 0 Å². The number of benzene rings is 1. The molecular weight excluding hydrogens is 435 g/mol. The van der Waals surface area contributed by atoms with Crippen LogP contribution < -0.4 is 21.5 Å². The molecule has 2 aliphatic heterocycles. The first-order valence-electron chi connectivity index (χ1n) is 8.65. The zero-order chi connectivity index (χ0) is 17.4. The van der Waals surface area contributed by atoms with Gasteiger partial charge >= 0.3 is 144 Å². The van der Waals surface area contributed by atoms with Gasteiger partial charge in [-0.3, -0.25) is 0 Å². The van der Waals surface area contributed by atoms with Crippen molar-refractivity contribution >= 4 is 9.84 Å². The normalized spacial score (nSPS) is 22.2. The van der Waals surface area contributed by atoms with Gasteiger partial charge in [0.1, 0.15) is 0 Å². The summed E-state index contributed by atoms with van der Waals surface area (Å²) in [5, 5.41) is -0.369. The topological polar surface area (TPSA) is 40.6 Å². The zero-order valence-corrected chi connectivity index (χ0v) is 17.8. The molecule has 0 aromatic heterocycles. The van der Waals surface area contributed by atoms with E-state index in [2.05, 4.69) is 19.0 Å². The second-order valence-electron chi connectivity index (χ2n) is 7.47. The van der Waals surface area contributed by atoms with E-state index in [1.165, 1.54) is 39.0 Å². The molecule has 136 valence electrons. The zero-order valence-electron chi connectivity index (χ0n) is 14.8. The van der Waals surface area contributed by atoms with Gasteiger partial charge in [0.15, 0.2) is 0 Å².